The summed E-state index contributed by atoms with van der Waals surface area (Å²) in [6.45, 7) is 4.98. The maximum Gasteiger partial charge on any atom is 0.290 e. The molecule has 3 aromatic rings. The van der Waals surface area contributed by atoms with Crippen LogP contribution in [-0.2, 0) is 24.2 Å². The predicted molar refractivity (Wildman–Crippen MR) is 137 cm³/mol. The van der Waals surface area contributed by atoms with Crippen molar-refractivity contribution in [3.8, 4) is 22.8 Å². The molecule has 0 radical (unpaired) electrons. The number of ether oxygens (including phenoxy) is 2. The van der Waals surface area contributed by atoms with Crippen LogP contribution < -0.4 is 9.47 Å². The van der Waals surface area contributed by atoms with Gasteiger partial charge in [-0.15, -0.1) is 0 Å². The zero-order valence-corrected chi connectivity index (χ0v) is 21.9. The topological polar surface area (TPSA) is 88.9 Å². The molecule has 39 heavy (non-hydrogen) atoms. The van der Waals surface area contributed by atoms with Gasteiger partial charge in [-0.3, -0.25) is 4.79 Å². The van der Waals surface area contributed by atoms with Gasteiger partial charge in [-0.2, -0.15) is 0 Å². The number of halogens is 4. The van der Waals surface area contributed by atoms with Crippen LogP contribution in [0.15, 0.2) is 42.6 Å². The van der Waals surface area contributed by atoms with Crippen LogP contribution in [0.3, 0.4) is 0 Å². The smallest absolute Gasteiger partial charge is 0.290 e. The number of alkyl halides is 2. The Morgan fingerprint density at radius 3 is 2.41 bits per heavy atom. The number of carboxylic acid groups (broad SMARTS) is 1. The molecule has 0 unspecified atom stereocenters. The van der Waals surface area contributed by atoms with Gasteiger partial charge in [0.15, 0.2) is 11.6 Å². The Hall–Kier alpha value is -3.66. The van der Waals surface area contributed by atoms with E-state index in [9.17, 15) is 22.7 Å². The molecule has 2 aromatic carbocycles. The van der Waals surface area contributed by atoms with Crippen molar-refractivity contribution >= 4 is 6.47 Å². The van der Waals surface area contributed by atoms with Gasteiger partial charge < -0.3 is 19.7 Å². The third-order valence-electron chi connectivity index (χ3n) is 6.24. The highest BCUT2D eigenvalue weighted by atomic mass is 19.3. The summed E-state index contributed by atoms with van der Waals surface area (Å²) in [7, 11) is 0. The van der Waals surface area contributed by atoms with Gasteiger partial charge >= 0.3 is 0 Å². The molecular formula is C29H31F4NO5. The van der Waals surface area contributed by atoms with Gasteiger partial charge in [-0.05, 0) is 79.1 Å². The largest absolute Gasteiger partial charge is 0.490 e. The maximum atomic E-state index is 14.7. The zero-order chi connectivity index (χ0) is 28.7. The molecule has 0 spiro atoms. The third kappa shape index (κ3) is 8.16. The molecule has 4 rings (SSSR count). The second-order valence-electron chi connectivity index (χ2n) is 10.1. The summed E-state index contributed by atoms with van der Waals surface area (Å²) >= 11 is 0. The molecule has 0 saturated heterocycles. The number of hydrogen-bond donors (Lipinski definition) is 2. The number of aliphatic hydroxyl groups is 1. The second-order valence-corrected chi connectivity index (χ2v) is 10.1. The average molecular weight is 550 g/mol. The number of nitrogens with zero attached hydrogens (tertiary/aromatic N) is 1. The van der Waals surface area contributed by atoms with Gasteiger partial charge in [0.1, 0.15) is 12.4 Å². The van der Waals surface area contributed by atoms with E-state index in [4.69, 9.17) is 19.4 Å². The normalized spacial score (nSPS) is 14.4. The summed E-state index contributed by atoms with van der Waals surface area (Å²) in [4.78, 5) is 12.6. The van der Waals surface area contributed by atoms with E-state index in [0.29, 0.717) is 11.8 Å². The summed E-state index contributed by atoms with van der Waals surface area (Å²) in [6.07, 6.45) is 0.942. The van der Waals surface area contributed by atoms with Crippen LogP contribution in [0.1, 0.15) is 55.9 Å². The molecule has 1 aliphatic rings. The van der Waals surface area contributed by atoms with E-state index in [1.807, 2.05) is 6.07 Å². The SMILES string of the molecule is C[C@@H]1Cc2cnc(OCc3cc(-c4ccc(OCCC(C)(C)O)c(F)c4)c(C(F)F)cc3F)cc2C1.O=CO. The monoisotopic (exact) mass is 549 g/mol. The number of fused-ring (bicyclic) bond motifs is 1. The Bertz CT molecular complexity index is 1290. The van der Waals surface area contributed by atoms with E-state index in [-0.39, 0.29) is 48.5 Å². The molecule has 0 bridgehead atoms. The number of pyridine rings is 1. The average Bonchev–Trinajstić information content (AvgIpc) is 3.23. The summed E-state index contributed by atoms with van der Waals surface area (Å²) < 4.78 is 68.0. The van der Waals surface area contributed by atoms with Crippen LogP contribution in [-0.4, -0.2) is 33.9 Å². The number of carbonyl (C=O) groups is 1. The fraction of sp³-hybridized carbons (Fsp3) is 0.379. The highest BCUT2D eigenvalue weighted by molar-refractivity contribution is 5.69. The fourth-order valence-electron chi connectivity index (χ4n) is 4.30. The van der Waals surface area contributed by atoms with Crippen LogP contribution in [0.5, 0.6) is 11.6 Å². The minimum Gasteiger partial charge on any atom is -0.490 e. The van der Waals surface area contributed by atoms with Crippen molar-refractivity contribution in [2.75, 3.05) is 6.61 Å². The Morgan fingerprint density at radius 2 is 1.77 bits per heavy atom. The van der Waals surface area contributed by atoms with Crippen molar-refractivity contribution in [3.63, 3.8) is 0 Å². The first-order valence-electron chi connectivity index (χ1n) is 12.4. The lowest BCUT2D eigenvalue weighted by Crippen LogP contribution is -2.21. The lowest BCUT2D eigenvalue weighted by atomic mass is 9.96. The van der Waals surface area contributed by atoms with Crippen LogP contribution in [0, 0.1) is 17.6 Å². The Balaban J connectivity index is 0.00000134. The molecule has 210 valence electrons. The van der Waals surface area contributed by atoms with Crippen LogP contribution in [0.25, 0.3) is 11.1 Å². The highest BCUT2D eigenvalue weighted by Gasteiger charge is 2.22. The van der Waals surface area contributed by atoms with Crippen molar-refractivity contribution in [3.05, 3.63) is 76.5 Å². The summed E-state index contributed by atoms with van der Waals surface area (Å²) in [5.74, 6) is -0.791. The van der Waals surface area contributed by atoms with Gasteiger partial charge in [0.2, 0.25) is 5.88 Å². The second kappa shape index (κ2) is 12.9. The summed E-state index contributed by atoms with van der Waals surface area (Å²) in [5, 5.41) is 16.7. The number of benzene rings is 2. The minimum atomic E-state index is -2.96. The van der Waals surface area contributed by atoms with E-state index in [1.54, 1.807) is 20.0 Å². The van der Waals surface area contributed by atoms with Crippen molar-refractivity contribution < 1.29 is 42.0 Å². The molecule has 6 nitrogen and oxygen atoms in total. The van der Waals surface area contributed by atoms with E-state index in [2.05, 4.69) is 11.9 Å². The molecule has 0 amide bonds. The van der Waals surface area contributed by atoms with Crippen molar-refractivity contribution in [1.82, 2.24) is 4.98 Å². The lowest BCUT2D eigenvalue weighted by molar-refractivity contribution is -0.122. The quantitative estimate of drug-likeness (QED) is 0.233. The molecule has 1 heterocycles. The first-order valence-corrected chi connectivity index (χ1v) is 12.4. The molecular weight excluding hydrogens is 518 g/mol. The standard InChI is InChI=1S/C28H29F4NO3.CH2O2/c1-16-8-18-12-26(33-14-19(18)9-16)36-15-20-10-21(22(27(31)32)13-23(20)29)17-4-5-25(24(30)11-17)35-7-6-28(2,3)34;2-1-3/h4-5,10-14,16,27,34H,6-9,15H2,1-3H3;1H,(H,2,3)/t16-;/m0./s1. The van der Waals surface area contributed by atoms with E-state index >= 15 is 0 Å². The first-order chi connectivity index (χ1) is 18.4. The van der Waals surface area contributed by atoms with E-state index in [0.717, 1.165) is 30.5 Å². The predicted octanol–water partition coefficient (Wildman–Crippen LogP) is 6.52. The molecule has 1 atom stereocenters. The molecule has 0 aliphatic heterocycles. The third-order valence-corrected chi connectivity index (χ3v) is 6.24. The molecule has 0 fully saturated rings. The fourth-order valence-corrected chi connectivity index (χ4v) is 4.30. The van der Waals surface area contributed by atoms with Crippen LogP contribution >= 0.6 is 0 Å². The number of aromatic nitrogens is 1. The molecule has 10 heteroatoms. The summed E-state index contributed by atoms with van der Waals surface area (Å²) in [5.41, 5.74) is 1.00. The molecule has 0 saturated carbocycles. The Labute approximate surface area is 224 Å². The van der Waals surface area contributed by atoms with Crippen LogP contribution in [0.2, 0.25) is 0 Å². The highest BCUT2D eigenvalue weighted by Crippen LogP contribution is 2.36. The molecule has 1 aliphatic carbocycles. The van der Waals surface area contributed by atoms with Crippen molar-refractivity contribution in [2.24, 2.45) is 5.92 Å². The van der Waals surface area contributed by atoms with E-state index < -0.39 is 29.2 Å². The number of hydrogen-bond acceptors (Lipinski definition) is 5. The summed E-state index contributed by atoms with van der Waals surface area (Å²) in [6, 6.07) is 7.70. The van der Waals surface area contributed by atoms with E-state index in [1.165, 1.54) is 23.8 Å². The molecule has 1 aromatic heterocycles. The van der Waals surface area contributed by atoms with Gasteiger partial charge in [0.25, 0.3) is 12.9 Å². The van der Waals surface area contributed by atoms with Gasteiger partial charge in [-0.25, -0.2) is 22.5 Å². The Morgan fingerprint density at radius 1 is 1.08 bits per heavy atom. The van der Waals surface area contributed by atoms with Crippen molar-refractivity contribution in [1.29, 1.82) is 0 Å². The first kappa shape index (κ1) is 29.9. The lowest BCUT2D eigenvalue weighted by Gasteiger charge is -2.18. The van der Waals surface area contributed by atoms with Gasteiger partial charge in [0, 0.05) is 29.8 Å². The number of rotatable bonds is 9. The van der Waals surface area contributed by atoms with Crippen LogP contribution in [0.4, 0.5) is 17.6 Å². The zero-order valence-electron chi connectivity index (χ0n) is 21.9. The minimum absolute atomic E-state index is 0.00248. The van der Waals surface area contributed by atoms with Gasteiger partial charge in [0.05, 0.1) is 12.2 Å². The van der Waals surface area contributed by atoms with Gasteiger partial charge in [-0.1, -0.05) is 13.0 Å². The molecule has 2 N–H and O–H groups in total. The van der Waals surface area contributed by atoms with Crippen molar-refractivity contribution in [2.45, 2.75) is 58.7 Å². The Kier molecular flexibility index (Phi) is 9.91. The maximum absolute atomic E-state index is 14.7.